The Balaban J connectivity index is 0.00000180. The molecule has 1 saturated carbocycles. The molecule has 0 amide bonds. The quantitative estimate of drug-likeness (QED) is 0.871. The summed E-state index contributed by atoms with van der Waals surface area (Å²) in [5, 5.41) is 0. The Morgan fingerprint density at radius 1 is 1.37 bits per heavy atom. The van der Waals surface area contributed by atoms with Crippen LogP contribution in [0.15, 0.2) is 12.1 Å². The van der Waals surface area contributed by atoms with Crippen LogP contribution in [0.25, 0.3) is 0 Å². The van der Waals surface area contributed by atoms with Crippen molar-refractivity contribution in [2.24, 2.45) is 11.7 Å². The van der Waals surface area contributed by atoms with E-state index >= 15 is 0 Å². The molecule has 0 heterocycles. The van der Waals surface area contributed by atoms with Crippen LogP contribution >= 0.6 is 12.4 Å². The van der Waals surface area contributed by atoms with Crippen LogP contribution in [0.4, 0.5) is 8.78 Å². The Morgan fingerprint density at radius 2 is 2.05 bits per heavy atom. The summed E-state index contributed by atoms with van der Waals surface area (Å²) in [5.74, 6) is -0.507. The van der Waals surface area contributed by atoms with Gasteiger partial charge in [0.1, 0.15) is 5.82 Å². The lowest BCUT2D eigenvalue weighted by molar-refractivity contribution is 0.280. The first kappa shape index (κ1) is 16.2. The molecule has 0 spiro atoms. The molecule has 2 rings (SSSR count). The molecule has 19 heavy (non-hydrogen) atoms. The zero-order valence-electron chi connectivity index (χ0n) is 11.0. The largest absolute Gasteiger partial charge is 0.490 e. The van der Waals surface area contributed by atoms with Crippen LogP contribution in [0, 0.1) is 17.6 Å². The van der Waals surface area contributed by atoms with Crippen molar-refractivity contribution < 1.29 is 13.5 Å². The van der Waals surface area contributed by atoms with Crippen LogP contribution in [0.5, 0.6) is 5.75 Å². The van der Waals surface area contributed by atoms with Gasteiger partial charge in [-0.3, -0.25) is 0 Å². The lowest BCUT2D eigenvalue weighted by atomic mass is 10.0. The van der Waals surface area contributed by atoms with Crippen molar-refractivity contribution in [2.45, 2.75) is 38.6 Å². The molecule has 1 aromatic rings. The normalized spacial score (nSPS) is 15.8. The van der Waals surface area contributed by atoms with Gasteiger partial charge in [-0.15, -0.1) is 12.4 Å². The standard InChI is InChI=1S/C14H19F2NO.ClH/c1-2-12(17)6-10-5-11(15)7-13(16)14(10)18-8-9-3-4-9;/h5,7,9,12H,2-4,6,8,17H2,1H3;1H. The first-order chi connectivity index (χ1) is 8.60. The highest BCUT2D eigenvalue weighted by atomic mass is 35.5. The fraction of sp³-hybridized carbons (Fsp3) is 0.571. The van der Waals surface area contributed by atoms with E-state index in [0.29, 0.717) is 24.5 Å². The molecule has 1 aromatic carbocycles. The summed E-state index contributed by atoms with van der Waals surface area (Å²) >= 11 is 0. The van der Waals surface area contributed by atoms with E-state index in [1.165, 1.54) is 6.07 Å². The van der Waals surface area contributed by atoms with Gasteiger partial charge in [0.25, 0.3) is 0 Å². The van der Waals surface area contributed by atoms with Gasteiger partial charge >= 0.3 is 0 Å². The van der Waals surface area contributed by atoms with Crippen LogP contribution in [-0.4, -0.2) is 12.6 Å². The van der Waals surface area contributed by atoms with Crippen molar-refractivity contribution >= 4 is 12.4 Å². The monoisotopic (exact) mass is 291 g/mol. The molecule has 2 N–H and O–H groups in total. The summed E-state index contributed by atoms with van der Waals surface area (Å²) in [6.07, 6.45) is 3.46. The number of hydrogen-bond donors (Lipinski definition) is 1. The number of ether oxygens (including phenoxy) is 1. The number of nitrogens with two attached hydrogens (primary N) is 1. The van der Waals surface area contributed by atoms with E-state index in [9.17, 15) is 8.78 Å². The van der Waals surface area contributed by atoms with Gasteiger partial charge < -0.3 is 10.5 Å². The molecule has 0 aromatic heterocycles. The van der Waals surface area contributed by atoms with Crippen molar-refractivity contribution in [3.8, 4) is 5.75 Å². The molecule has 0 bridgehead atoms. The average Bonchev–Trinajstić information content (AvgIpc) is 3.11. The topological polar surface area (TPSA) is 35.2 Å². The van der Waals surface area contributed by atoms with E-state index in [4.69, 9.17) is 10.5 Å². The van der Waals surface area contributed by atoms with Gasteiger partial charge in [0.15, 0.2) is 11.6 Å². The smallest absolute Gasteiger partial charge is 0.168 e. The highest BCUT2D eigenvalue weighted by Gasteiger charge is 2.23. The maximum absolute atomic E-state index is 13.7. The van der Waals surface area contributed by atoms with Crippen molar-refractivity contribution in [1.29, 1.82) is 0 Å². The SMILES string of the molecule is CCC(N)Cc1cc(F)cc(F)c1OCC1CC1.Cl. The molecule has 0 saturated heterocycles. The van der Waals surface area contributed by atoms with Gasteiger partial charge in [-0.25, -0.2) is 8.78 Å². The highest BCUT2D eigenvalue weighted by Crippen LogP contribution is 2.32. The molecule has 1 aliphatic carbocycles. The second kappa shape index (κ2) is 7.06. The summed E-state index contributed by atoms with van der Waals surface area (Å²) in [5.41, 5.74) is 6.37. The molecule has 1 atom stereocenters. The molecule has 1 unspecified atom stereocenters. The fourth-order valence-corrected chi connectivity index (χ4v) is 1.84. The van der Waals surface area contributed by atoms with Crippen LogP contribution in [0.3, 0.4) is 0 Å². The van der Waals surface area contributed by atoms with Gasteiger partial charge in [-0.1, -0.05) is 6.92 Å². The third-order valence-corrected chi connectivity index (χ3v) is 3.25. The summed E-state index contributed by atoms with van der Waals surface area (Å²) in [4.78, 5) is 0. The molecule has 1 aliphatic rings. The van der Waals surface area contributed by atoms with Gasteiger partial charge in [0.2, 0.25) is 0 Å². The highest BCUT2D eigenvalue weighted by molar-refractivity contribution is 5.85. The van der Waals surface area contributed by atoms with E-state index in [0.717, 1.165) is 25.3 Å². The van der Waals surface area contributed by atoms with Crippen molar-refractivity contribution in [3.63, 3.8) is 0 Å². The minimum atomic E-state index is -0.631. The fourth-order valence-electron chi connectivity index (χ4n) is 1.84. The Kier molecular flexibility index (Phi) is 6.01. The molecule has 2 nitrogen and oxygen atoms in total. The van der Waals surface area contributed by atoms with Gasteiger partial charge in [0.05, 0.1) is 6.61 Å². The van der Waals surface area contributed by atoms with Gasteiger partial charge in [0, 0.05) is 17.7 Å². The minimum Gasteiger partial charge on any atom is -0.490 e. The Bertz CT molecular complexity index is 424. The number of halogens is 3. The van der Waals surface area contributed by atoms with E-state index in [2.05, 4.69) is 0 Å². The van der Waals surface area contributed by atoms with Crippen molar-refractivity contribution in [2.75, 3.05) is 6.61 Å². The van der Waals surface area contributed by atoms with E-state index in [1.807, 2.05) is 6.92 Å². The summed E-state index contributed by atoms with van der Waals surface area (Å²) in [6.45, 7) is 2.46. The predicted molar refractivity (Wildman–Crippen MR) is 73.8 cm³/mol. The third kappa shape index (κ3) is 4.62. The van der Waals surface area contributed by atoms with E-state index < -0.39 is 11.6 Å². The zero-order chi connectivity index (χ0) is 13.1. The molecule has 0 aliphatic heterocycles. The summed E-state index contributed by atoms with van der Waals surface area (Å²) < 4.78 is 32.5. The zero-order valence-corrected chi connectivity index (χ0v) is 11.8. The van der Waals surface area contributed by atoms with Gasteiger partial charge in [-0.05, 0) is 37.7 Å². The lowest BCUT2D eigenvalue weighted by Gasteiger charge is -2.15. The first-order valence-electron chi connectivity index (χ1n) is 6.46. The van der Waals surface area contributed by atoms with Crippen LogP contribution in [0.2, 0.25) is 0 Å². The average molecular weight is 292 g/mol. The predicted octanol–water partition coefficient (Wildman–Crippen LogP) is 3.46. The second-order valence-corrected chi connectivity index (χ2v) is 5.00. The third-order valence-electron chi connectivity index (χ3n) is 3.25. The van der Waals surface area contributed by atoms with Crippen LogP contribution < -0.4 is 10.5 Å². The summed E-state index contributed by atoms with van der Waals surface area (Å²) in [7, 11) is 0. The maximum Gasteiger partial charge on any atom is 0.168 e. The molecule has 5 heteroatoms. The Hall–Kier alpha value is -0.870. The number of hydrogen-bond acceptors (Lipinski definition) is 2. The van der Waals surface area contributed by atoms with Crippen LogP contribution in [0.1, 0.15) is 31.7 Å². The minimum absolute atomic E-state index is 0. The second-order valence-electron chi connectivity index (χ2n) is 5.00. The number of rotatable bonds is 6. The first-order valence-corrected chi connectivity index (χ1v) is 6.46. The molecular weight excluding hydrogens is 272 g/mol. The Morgan fingerprint density at radius 3 is 2.63 bits per heavy atom. The van der Waals surface area contributed by atoms with Crippen molar-refractivity contribution in [1.82, 2.24) is 0 Å². The summed E-state index contributed by atoms with van der Waals surface area (Å²) in [6, 6.07) is 2.08. The van der Waals surface area contributed by atoms with Crippen LogP contribution in [-0.2, 0) is 6.42 Å². The molecule has 108 valence electrons. The number of benzene rings is 1. The Labute approximate surface area is 118 Å². The van der Waals surface area contributed by atoms with E-state index in [1.54, 1.807) is 0 Å². The van der Waals surface area contributed by atoms with Gasteiger partial charge in [-0.2, -0.15) is 0 Å². The molecular formula is C14H20ClF2NO. The molecule has 1 fully saturated rings. The van der Waals surface area contributed by atoms with Crippen molar-refractivity contribution in [3.05, 3.63) is 29.3 Å². The molecule has 0 radical (unpaired) electrons. The van der Waals surface area contributed by atoms with E-state index in [-0.39, 0.29) is 24.2 Å². The maximum atomic E-state index is 13.7. The lowest BCUT2D eigenvalue weighted by Crippen LogP contribution is -2.22.